The summed E-state index contributed by atoms with van der Waals surface area (Å²) in [5.41, 5.74) is -0.937. The predicted molar refractivity (Wildman–Crippen MR) is 75.1 cm³/mol. The number of hydrogen-bond acceptors (Lipinski definition) is 3. The van der Waals surface area contributed by atoms with Crippen molar-refractivity contribution < 1.29 is 14.1 Å². The number of likely N-dealkylation sites (tertiary alicyclic amines) is 1. The number of nitro benzene ring substituents is 1. The minimum atomic E-state index is -1.07. The second kappa shape index (κ2) is 5.87. The summed E-state index contributed by atoms with van der Waals surface area (Å²) in [5.74, 6) is -1.20. The highest BCUT2D eigenvalue weighted by molar-refractivity contribution is 9.10. The summed E-state index contributed by atoms with van der Waals surface area (Å²) in [6.45, 7) is 3.14. The zero-order valence-electron chi connectivity index (χ0n) is 10.9. The third-order valence-corrected chi connectivity index (χ3v) is 3.85. The normalized spacial score (nSPS) is 18.9. The van der Waals surface area contributed by atoms with Gasteiger partial charge in [0, 0.05) is 23.6 Å². The zero-order valence-corrected chi connectivity index (χ0v) is 12.5. The van der Waals surface area contributed by atoms with E-state index in [-0.39, 0.29) is 5.56 Å². The van der Waals surface area contributed by atoms with Gasteiger partial charge >= 0.3 is 5.69 Å². The summed E-state index contributed by atoms with van der Waals surface area (Å²) in [6, 6.07) is 2.36. The molecule has 20 heavy (non-hydrogen) atoms. The van der Waals surface area contributed by atoms with Gasteiger partial charge in [-0.25, -0.2) is 0 Å². The van der Waals surface area contributed by atoms with Crippen LogP contribution in [-0.2, 0) is 0 Å². The van der Waals surface area contributed by atoms with Crippen LogP contribution in [0.15, 0.2) is 16.6 Å². The van der Waals surface area contributed by atoms with Gasteiger partial charge in [-0.15, -0.1) is 0 Å². The van der Waals surface area contributed by atoms with Crippen LogP contribution in [0.3, 0.4) is 0 Å². The molecule has 1 atom stereocenters. The maximum absolute atomic E-state index is 14.1. The maximum atomic E-state index is 14.1. The molecule has 1 amide bonds. The Morgan fingerprint density at radius 1 is 1.55 bits per heavy atom. The summed E-state index contributed by atoms with van der Waals surface area (Å²) in [4.78, 5) is 23.9. The van der Waals surface area contributed by atoms with Gasteiger partial charge in [-0.3, -0.25) is 14.9 Å². The fraction of sp³-hybridized carbons (Fsp3) is 0.462. The summed E-state index contributed by atoms with van der Waals surface area (Å²) >= 11 is 3.08. The van der Waals surface area contributed by atoms with Crippen LogP contribution >= 0.6 is 15.9 Å². The monoisotopic (exact) mass is 344 g/mol. The average Bonchev–Trinajstić information content (AvgIpc) is 2.40. The van der Waals surface area contributed by atoms with E-state index in [1.54, 1.807) is 4.90 Å². The predicted octanol–water partition coefficient (Wildman–Crippen LogP) is 3.37. The molecule has 1 saturated heterocycles. The second-order valence-corrected chi connectivity index (χ2v) is 5.96. The Morgan fingerprint density at radius 2 is 2.25 bits per heavy atom. The standard InChI is InChI=1S/C13H14BrFN2O3/c1-8-3-2-4-16(7-8)13(18)10-5-9(14)6-11(12(10)15)17(19)20/h5-6,8H,2-4,7H2,1H3/t8-/m0/s1. The van der Waals surface area contributed by atoms with Gasteiger partial charge in [0.25, 0.3) is 5.91 Å². The number of halogens is 2. The highest BCUT2D eigenvalue weighted by Crippen LogP contribution is 2.28. The van der Waals surface area contributed by atoms with Gasteiger partial charge in [0.1, 0.15) is 0 Å². The molecule has 0 aromatic heterocycles. The van der Waals surface area contributed by atoms with Crippen molar-refractivity contribution in [3.63, 3.8) is 0 Å². The highest BCUT2D eigenvalue weighted by Gasteiger charge is 2.28. The van der Waals surface area contributed by atoms with Crippen LogP contribution in [0.4, 0.5) is 10.1 Å². The summed E-state index contributed by atoms with van der Waals surface area (Å²) in [6.07, 6.45) is 1.90. The van der Waals surface area contributed by atoms with E-state index in [4.69, 9.17) is 0 Å². The van der Waals surface area contributed by atoms with Crippen molar-refractivity contribution in [3.05, 3.63) is 38.1 Å². The quantitative estimate of drug-likeness (QED) is 0.610. The lowest BCUT2D eigenvalue weighted by atomic mass is 9.99. The van der Waals surface area contributed by atoms with Crippen LogP contribution in [0.5, 0.6) is 0 Å². The van der Waals surface area contributed by atoms with E-state index in [0.717, 1.165) is 18.9 Å². The molecule has 1 aromatic carbocycles. The van der Waals surface area contributed by atoms with E-state index in [9.17, 15) is 19.3 Å². The molecule has 0 N–H and O–H groups in total. The van der Waals surface area contributed by atoms with Gasteiger partial charge in [-0.2, -0.15) is 4.39 Å². The highest BCUT2D eigenvalue weighted by atomic mass is 79.9. The average molecular weight is 345 g/mol. The number of hydrogen-bond donors (Lipinski definition) is 0. The number of carbonyl (C=O) groups is 1. The first kappa shape index (κ1) is 14.9. The maximum Gasteiger partial charge on any atom is 0.306 e. The zero-order chi connectivity index (χ0) is 14.9. The van der Waals surface area contributed by atoms with Crippen molar-refractivity contribution in [1.82, 2.24) is 4.90 Å². The van der Waals surface area contributed by atoms with Crippen LogP contribution in [0.2, 0.25) is 0 Å². The Morgan fingerprint density at radius 3 is 2.85 bits per heavy atom. The molecule has 0 spiro atoms. The van der Waals surface area contributed by atoms with Crippen LogP contribution in [0.1, 0.15) is 30.1 Å². The second-order valence-electron chi connectivity index (χ2n) is 5.04. The van der Waals surface area contributed by atoms with E-state index in [0.29, 0.717) is 23.5 Å². The Labute approximate surface area is 124 Å². The first-order valence-electron chi connectivity index (χ1n) is 6.33. The number of rotatable bonds is 2. The molecule has 1 aliphatic heterocycles. The van der Waals surface area contributed by atoms with Gasteiger partial charge in [-0.05, 0) is 24.8 Å². The first-order valence-corrected chi connectivity index (χ1v) is 7.12. The van der Waals surface area contributed by atoms with E-state index in [1.165, 1.54) is 6.07 Å². The molecule has 2 rings (SSSR count). The van der Waals surface area contributed by atoms with Crippen LogP contribution in [0, 0.1) is 21.8 Å². The summed E-state index contributed by atoms with van der Waals surface area (Å²) < 4.78 is 14.4. The molecule has 1 heterocycles. The molecule has 1 fully saturated rings. The summed E-state index contributed by atoms with van der Waals surface area (Å²) in [7, 11) is 0. The molecule has 0 saturated carbocycles. The Bertz CT molecular complexity index is 565. The van der Waals surface area contributed by atoms with Gasteiger partial charge < -0.3 is 4.90 Å². The van der Waals surface area contributed by atoms with Gasteiger partial charge in [-0.1, -0.05) is 22.9 Å². The van der Waals surface area contributed by atoms with E-state index >= 15 is 0 Å². The largest absolute Gasteiger partial charge is 0.338 e. The lowest BCUT2D eigenvalue weighted by molar-refractivity contribution is -0.387. The molecule has 7 heteroatoms. The van der Waals surface area contributed by atoms with Crippen molar-refractivity contribution in [1.29, 1.82) is 0 Å². The number of amides is 1. The Hall–Kier alpha value is -1.50. The minimum Gasteiger partial charge on any atom is -0.338 e. The Kier molecular flexibility index (Phi) is 4.37. The van der Waals surface area contributed by atoms with Gasteiger partial charge in [0.15, 0.2) is 0 Å². The SMILES string of the molecule is C[C@H]1CCCN(C(=O)c2cc(Br)cc([N+](=O)[O-])c2F)C1. The molecule has 5 nitrogen and oxygen atoms in total. The molecule has 0 bridgehead atoms. The first-order chi connectivity index (χ1) is 9.40. The fourth-order valence-corrected chi connectivity index (χ4v) is 2.85. The van der Waals surface area contributed by atoms with E-state index in [2.05, 4.69) is 15.9 Å². The molecular weight excluding hydrogens is 331 g/mol. The molecule has 0 unspecified atom stereocenters. The molecular formula is C13H14BrFN2O3. The van der Waals surface area contributed by atoms with Crippen molar-refractivity contribution in [3.8, 4) is 0 Å². The molecule has 0 radical (unpaired) electrons. The van der Waals surface area contributed by atoms with E-state index in [1.807, 2.05) is 6.92 Å². The number of nitro groups is 1. The van der Waals surface area contributed by atoms with Crippen LogP contribution < -0.4 is 0 Å². The number of piperidine rings is 1. The number of nitrogens with zero attached hydrogens (tertiary/aromatic N) is 2. The van der Waals surface area contributed by atoms with Crippen molar-refractivity contribution in [2.24, 2.45) is 5.92 Å². The molecule has 0 aliphatic carbocycles. The Balaban J connectivity index is 2.36. The topological polar surface area (TPSA) is 63.5 Å². The van der Waals surface area contributed by atoms with Crippen molar-refractivity contribution >= 4 is 27.5 Å². The fourth-order valence-electron chi connectivity index (χ4n) is 2.41. The number of carbonyl (C=O) groups excluding carboxylic acids is 1. The smallest absolute Gasteiger partial charge is 0.306 e. The van der Waals surface area contributed by atoms with E-state index < -0.39 is 22.3 Å². The summed E-state index contributed by atoms with van der Waals surface area (Å²) in [5, 5.41) is 10.8. The van der Waals surface area contributed by atoms with Crippen molar-refractivity contribution in [2.75, 3.05) is 13.1 Å². The van der Waals surface area contributed by atoms with Gasteiger partial charge in [0.2, 0.25) is 5.82 Å². The molecule has 108 valence electrons. The molecule has 1 aromatic rings. The van der Waals surface area contributed by atoms with Gasteiger partial charge in [0.05, 0.1) is 10.5 Å². The number of benzene rings is 1. The lowest BCUT2D eigenvalue weighted by Crippen LogP contribution is -2.39. The van der Waals surface area contributed by atoms with Crippen molar-refractivity contribution in [2.45, 2.75) is 19.8 Å². The van der Waals surface area contributed by atoms with Crippen LogP contribution in [-0.4, -0.2) is 28.8 Å². The van der Waals surface area contributed by atoms with Crippen LogP contribution in [0.25, 0.3) is 0 Å². The third-order valence-electron chi connectivity index (χ3n) is 3.39. The molecule has 1 aliphatic rings. The minimum absolute atomic E-state index is 0.250. The lowest BCUT2D eigenvalue weighted by Gasteiger charge is -2.31. The third kappa shape index (κ3) is 2.98.